The number of ether oxygens (including phenoxy) is 1. The summed E-state index contributed by atoms with van der Waals surface area (Å²) in [5.74, 6) is 1.07. The first-order valence-electron chi connectivity index (χ1n) is 6.12. The van der Waals surface area contributed by atoms with Crippen LogP contribution in [0.1, 0.15) is 25.3 Å². The van der Waals surface area contributed by atoms with Crippen molar-refractivity contribution >= 4 is 16.7 Å². The van der Waals surface area contributed by atoms with E-state index in [1.807, 2.05) is 24.3 Å². The summed E-state index contributed by atoms with van der Waals surface area (Å²) >= 11 is 0. The van der Waals surface area contributed by atoms with Gasteiger partial charge in [0.15, 0.2) is 0 Å². The highest BCUT2D eigenvalue weighted by atomic mass is 16.5. The van der Waals surface area contributed by atoms with Crippen LogP contribution in [0.25, 0.3) is 10.9 Å². The summed E-state index contributed by atoms with van der Waals surface area (Å²) in [5, 5.41) is 1.08. The fourth-order valence-corrected chi connectivity index (χ4v) is 2.07. The molecule has 0 aliphatic heterocycles. The molecule has 1 heterocycles. The lowest BCUT2D eigenvalue weighted by molar-refractivity contribution is -0.117. The smallest absolute Gasteiger partial charge is 0.129 e. The molecule has 0 radical (unpaired) electrons. The largest absolute Gasteiger partial charge is 0.497 e. The molecule has 0 N–H and O–H groups in total. The summed E-state index contributed by atoms with van der Waals surface area (Å²) in [5.41, 5.74) is 2.15. The number of hydrogen-bond acceptors (Lipinski definition) is 3. The van der Waals surface area contributed by atoms with E-state index in [9.17, 15) is 4.79 Å². The minimum absolute atomic E-state index is 0.232. The number of carbonyl (C=O) groups excluding carboxylic acids is 1. The third-order valence-corrected chi connectivity index (χ3v) is 2.97. The highest BCUT2D eigenvalue weighted by Crippen LogP contribution is 2.24. The number of Topliss-reactive ketones (excluding diaryl/α,β-unsaturated/α-hetero) is 1. The summed E-state index contributed by atoms with van der Waals surface area (Å²) in [6, 6.07) is 7.94. The van der Waals surface area contributed by atoms with Crippen molar-refractivity contribution < 1.29 is 9.53 Å². The van der Waals surface area contributed by atoms with Gasteiger partial charge in [0, 0.05) is 18.0 Å². The van der Waals surface area contributed by atoms with Crippen molar-refractivity contribution in [3.63, 3.8) is 0 Å². The van der Waals surface area contributed by atoms with Gasteiger partial charge in [-0.25, -0.2) is 0 Å². The van der Waals surface area contributed by atoms with Crippen LogP contribution in [0.3, 0.4) is 0 Å². The minimum atomic E-state index is 0.232. The summed E-state index contributed by atoms with van der Waals surface area (Å²) < 4.78 is 5.30. The highest BCUT2D eigenvalue weighted by Gasteiger charge is 2.06. The molecule has 3 heteroatoms. The monoisotopic (exact) mass is 243 g/mol. The van der Waals surface area contributed by atoms with E-state index in [1.54, 1.807) is 20.2 Å². The molecule has 1 aromatic heterocycles. The van der Waals surface area contributed by atoms with Crippen molar-refractivity contribution in [2.75, 3.05) is 7.11 Å². The second-order valence-electron chi connectivity index (χ2n) is 4.42. The summed E-state index contributed by atoms with van der Waals surface area (Å²) in [4.78, 5) is 15.4. The van der Waals surface area contributed by atoms with Crippen LogP contribution in [-0.2, 0) is 11.2 Å². The van der Waals surface area contributed by atoms with Gasteiger partial charge in [0.2, 0.25) is 0 Å². The normalized spacial score (nSPS) is 10.6. The molecule has 2 rings (SSSR count). The first-order valence-corrected chi connectivity index (χ1v) is 6.12. The van der Waals surface area contributed by atoms with Gasteiger partial charge >= 0.3 is 0 Å². The van der Waals surface area contributed by atoms with E-state index >= 15 is 0 Å². The molecule has 0 saturated heterocycles. The molecule has 0 unspecified atom stereocenters. The molecular weight excluding hydrogens is 226 g/mol. The molecule has 0 aliphatic carbocycles. The number of nitrogens with zero attached hydrogens (tertiary/aromatic N) is 1. The van der Waals surface area contributed by atoms with E-state index in [2.05, 4.69) is 4.98 Å². The van der Waals surface area contributed by atoms with Crippen molar-refractivity contribution in [1.29, 1.82) is 0 Å². The van der Waals surface area contributed by atoms with Crippen LogP contribution in [0.5, 0.6) is 5.75 Å². The maximum Gasteiger partial charge on any atom is 0.129 e. The number of pyridine rings is 1. The molecule has 18 heavy (non-hydrogen) atoms. The topological polar surface area (TPSA) is 39.2 Å². The Morgan fingerprint density at radius 1 is 1.39 bits per heavy atom. The summed E-state index contributed by atoms with van der Waals surface area (Å²) in [6.07, 6.45) is 4.12. The molecule has 1 aromatic carbocycles. The van der Waals surface area contributed by atoms with Crippen molar-refractivity contribution in [3.8, 4) is 5.75 Å². The maximum atomic E-state index is 11.0. The first kappa shape index (κ1) is 12.6. The van der Waals surface area contributed by atoms with Gasteiger partial charge in [0.1, 0.15) is 11.5 Å². The predicted molar refractivity (Wildman–Crippen MR) is 71.9 cm³/mol. The molecule has 2 aromatic rings. The predicted octanol–water partition coefficient (Wildman–Crippen LogP) is 3.16. The highest BCUT2D eigenvalue weighted by molar-refractivity contribution is 5.83. The molecule has 0 fully saturated rings. The van der Waals surface area contributed by atoms with Crippen molar-refractivity contribution in [2.45, 2.75) is 26.2 Å². The van der Waals surface area contributed by atoms with Gasteiger partial charge in [-0.1, -0.05) is 6.07 Å². The molecular formula is C15H17NO2. The lowest BCUT2D eigenvalue weighted by Crippen LogP contribution is -1.95. The first-order chi connectivity index (χ1) is 8.70. The third kappa shape index (κ3) is 2.86. The number of fused-ring (bicyclic) bond motifs is 1. The number of carbonyl (C=O) groups is 1. The number of aryl methyl sites for hydroxylation is 1. The SMILES string of the molecule is COc1cc(CCCC(C)=O)c2ncccc2c1. The standard InChI is InChI=1S/C15H17NO2/c1-11(17)5-3-6-12-9-14(18-2)10-13-7-4-8-16-15(12)13/h4,7-10H,3,5-6H2,1-2H3. The van der Waals surface area contributed by atoms with Crippen LogP contribution in [0.15, 0.2) is 30.5 Å². The van der Waals surface area contributed by atoms with Gasteiger partial charge in [-0.05, 0) is 43.5 Å². The van der Waals surface area contributed by atoms with E-state index in [-0.39, 0.29) is 5.78 Å². The summed E-state index contributed by atoms with van der Waals surface area (Å²) in [6.45, 7) is 1.63. The Morgan fingerprint density at radius 2 is 2.22 bits per heavy atom. The minimum Gasteiger partial charge on any atom is -0.497 e. The van der Waals surface area contributed by atoms with Gasteiger partial charge in [-0.3, -0.25) is 4.98 Å². The van der Waals surface area contributed by atoms with Crippen LogP contribution in [-0.4, -0.2) is 17.9 Å². The van der Waals surface area contributed by atoms with E-state index in [0.29, 0.717) is 6.42 Å². The Labute approximate surface area is 107 Å². The zero-order chi connectivity index (χ0) is 13.0. The van der Waals surface area contributed by atoms with Gasteiger partial charge < -0.3 is 9.53 Å². The Balaban J connectivity index is 2.31. The third-order valence-electron chi connectivity index (χ3n) is 2.97. The van der Waals surface area contributed by atoms with Gasteiger partial charge in [-0.15, -0.1) is 0 Å². The zero-order valence-corrected chi connectivity index (χ0v) is 10.8. The van der Waals surface area contributed by atoms with E-state index in [0.717, 1.165) is 35.1 Å². The number of hydrogen-bond donors (Lipinski definition) is 0. The van der Waals surface area contributed by atoms with Gasteiger partial charge in [0.25, 0.3) is 0 Å². The van der Waals surface area contributed by atoms with Gasteiger partial charge in [0.05, 0.1) is 12.6 Å². The van der Waals surface area contributed by atoms with Crippen molar-refractivity contribution in [2.24, 2.45) is 0 Å². The molecule has 0 atom stereocenters. The molecule has 0 aliphatic rings. The molecule has 0 spiro atoms. The fraction of sp³-hybridized carbons (Fsp3) is 0.333. The molecule has 3 nitrogen and oxygen atoms in total. The second kappa shape index (κ2) is 5.63. The van der Waals surface area contributed by atoms with Crippen molar-refractivity contribution in [3.05, 3.63) is 36.0 Å². The lowest BCUT2D eigenvalue weighted by atomic mass is 10.0. The van der Waals surface area contributed by atoms with Crippen molar-refractivity contribution in [1.82, 2.24) is 4.98 Å². The zero-order valence-electron chi connectivity index (χ0n) is 10.8. The number of ketones is 1. The Bertz CT molecular complexity index is 563. The Hall–Kier alpha value is -1.90. The average molecular weight is 243 g/mol. The number of benzene rings is 1. The maximum absolute atomic E-state index is 11.0. The molecule has 0 bridgehead atoms. The Morgan fingerprint density at radius 3 is 2.94 bits per heavy atom. The van der Waals surface area contributed by atoms with E-state index in [4.69, 9.17) is 4.74 Å². The molecule has 0 saturated carbocycles. The van der Waals surface area contributed by atoms with Gasteiger partial charge in [-0.2, -0.15) is 0 Å². The number of aromatic nitrogens is 1. The fourth-order valence-electron chi connectivity index (χ4n) is 2.07. The van der Waals surface area contributed by atoms with Crippen LogP contribution in [0, 0.1) is 0 Å². The number of rotatable bonds is 5. The van der Waals surface area contributed by atoms with Crippen LogP contribution in [0.4, 0.5) is 0 Å². The molecule has 0 amide bonds. The van der Waals surface area contributed by atoms with Crippen LogP contribution < -0.4 is 4.74 Å². The average Bonchev–Trinajstić information content (AvgIpc) is 2.38. The summed E-state index contributed by atoms with van der Waals surface area (Å²) in [7, 11) is 1.66. The second-order valence-corrected chi connectivity index (χ2v) is 4.42. The Kier molecular flexibility index (Phi) is 3.92. The van der Waals surface area contributed by atoms with E-state index in [1.165, 1.54) is 0 Å². The lowest BCUT2D eigenvalue weighted by Gasteiger charge is -2.08. The van der Waals surface area contributed by atoms with Crippen LogP contribution >= 0.6 is 0 Å². The quantitative estimate of drug-likeness (QED) is 0.809. The van der Waals surface area contributed by atoms with Crippen LogP contribution in [0.2, 0.25) is 0 Å². The number of methoxy groups -OCH3 is 1. The molecule has 94 valence electrons. The van der Waals surface area contributed by atoms with E-state index < -0.39 is 0 Å².